The first kappa shape index (κ1) is 104. The smallest absolute Gasteiger partial charge is 0.410 e. The molecular formula is C108H132Br4N8O16. The van der Waals surface area contributed by atoms with Gasteiger partial charge in [-0.05, 0) is 274 Å². The van der Waals surface area contributed by atoms with Gasteiger partial charge >= 0.3 is 24.4 Å². The maximum absolute atomic E-state index is 13.3. The number of carbonyl (C=O) groups is 8. The minimum absolute atomic E-state index is 0.0775. The van der Waals surface area contributed by atoms with E-state index >= 15 is 0 Å². The van der Waals surface area contributed by atoms with Crippen LogP contribution in [0.2, 0.25) is 0 Å². The van der Waals surface area contributed by atoms with E-state index in [-0.39, 0.29) is 73.5 Å². The van der Waals surface area contributed by atoms with Crippen molar-refractivity contribution in [2.45, 2.75) is 283 Å². The highest BCUT2D eigenvalue weighted by Crippen LogP contribution is 2.42. The Kier molecular flexibility index (Phi) is 33.5. The summed E-state index contributed by atoms with van der Waals surface area (Å²) >= 11 is 14.1. The lowest BCUT2D eigenvalue weighted by molar-refractivity contribution is -0.0191. The van der Waals surface area contributed by atoms with Gasteiger partial charge in [0, 0.05) is 142 Å². The number of amides is 8. The number of rotatable bonds is 16. The number of hydrogen-bond donors (Lipinski definition) is 4. The van der Waals surface area contributed by atoms with Crippen molar-refractivity contribution in [3.63, 3.8) is 0 Å². The molecule has 0 unspecified atom stereocenters. The highest BCUT2D eigenvalue weighted by Gasteiger charge is 2.47. The molecule has 28 heteroatoms. The van der Waals surface area contributed by atoms with E-state index in [4.69, 9.17) is 18.9 Å². The van der Waals surface area contributed by atoms with Crippen molar-refractivity contribution in [3.8, 4) is 0 Å². The van der Waals surface area contributed by atoms with Gasteiger partial charge in [-0.2, -0.15) is 0 Å². The van der Waals surface area contributed by atoms with E-state index in [1.54, 1.807) is 39.2 Å². The standard InChI is InChI=1S/4C27H33BrN2O4/c4*1-5-17-14-29(25(32)21-11-10-20(28)13-22(17)21)16-24(31)23-12-18-8-6-7-9-19(18)15-30(23)26(33)34-27(2,3)4/h4*6-11,13,17,23-24,31H,5,12,14-16H2,1-4H3/t17-,23+,24+;17-,23+,24-;17-,23-,24+;17-,23-,24-/m1100/s1. The Labute approximate surface area is 834 Å². The Morgan fingerprint density at radius 1 is 0.301 bits per heavy atom. The summed E-state index contributed by atoms with van der Waals surface area (Å²) in [5.74, 6) is 0.492. The fourth-order valence-electron chi connectivity index (χ4n) is 19.8. The first-order chi connectivity index (χ1) is 64.3. The third-order valence-corrected chi connectivity index (χ3v) is 28.7. The van der Waals surface area contributed by atoms with E-state index in [0.717, 1.165) is 110 Å². The summed E-state index contributed by atoms with van der Waals surface area (Å²) in [4.78, 5) is 119. The Hall–Kier alpha value is -9.52. The predicted molar refractivity (Wildman–Crippen MR) is 539 cm³/mol. The molecule has 0 radical (unpaired) electrons. The SMILES string of the molecule is CC[C@@H]1CN(C[C@@H](O)[C@@H]2Cc3ccccc3CN2C(=O)OC(C)(C)C)C(=O)c2ccc(Br)cc21.CC[C@@H]1CN(C[C@H](O)[C@@H]2Cc3ccccc3CN2C(=O)OC(C)(C)C)C(=O)c2ccc(Br)cc21.CC[C@H]1CN(C[C@@H](O)[C@@H]2Cc3ccccc3CN2C(=O)OC(C)(C)C)C(=O)c2ccc(Br)cc21.CC[C@H]1CN(C[C@H](O)[C@@H]2Cc3ccccc3CN2C(=O)OC(C)(C)C)C(=O)c2ccc(Br)cc21. The maximum Gasteiger partial charge on any atom is 0.410 e. The summed E-state index contributed by atoms with van der Waals surface area (Å²) in [6.07, 6.45) is 0.225. The Bertz CT molecular complexity index is 5010. The van der Waals surface area contributed by atoms with Crippen molar-refractivity contribution in [2.75, 3.05) is 52.4 Å². The molecule has 0 aliphatic carbocycles. The largest absolute Gasteiger partial charge is 0.444 e. The third-order valence-electron chi connectivity index (χ3n) is 26.7. The summed E-state index contributed by atoms with van der Waals surface area (Å²) in [7, 11) is 0. The molecule has 136 heavy (non-hydrogen) atoms. The minimum atomic E-state index is -0.903. The number of nitrogens with zero attached hydrogens (tertiary/aromatic N) is 8. The zero-order valence-corrected chi connectivity index (χ0v) is 87.4. The molecule has 0 spiro atoms. The van der Waals surface area contributed by atoms with Crippen LogP contribution < -0.4 is 0 Å². The van der Waals surface area contributed by atoms with E-state index in [1.165, 1.54) is 0 Å². The predicted octanol–water partition coefficient (Wildman–Crippen LogP) is 20.5. The quantitative estimate of drug-likeness (QED) is 0.0654. The second-order valence-electron chi connectivity index (χ2n) is 41.1. The Morgan fingerprint density at radius 2 is 0.478 bits per heavy atom. The van der Waals surface area contributed by atoms with E-state index < -0.39 is 95.4 Å². The molecule has 0 bridgehead atoms. The van der Waals surface area contributed by atoms with Gasteiger partial charge < -0.3 is 59.0 Å². The molecule has 8 aliphatic rings. The number of carbonyl (C=O) groups excluding carboxylic acids is 8. The van der Waals surface area contributed by atoms with Gasteiger partial charge in [0.1, 0.15) is 22.4 Å². The second kappa shape index (κ2) is 43.9. The van der Waals surface area contributed by atoms with Gasteiger partial charge in [0.25, 0.3) is 23.6 Å². The summed E-state index contributed by atoms with van der Waals surface area (Å²) in [6, 6.07) is 53.0. The van der Waals surface area contributed by atoms with E-state index in [9.17, 15) is 58.8 Å². The second-order valence-corrected chi connectivity index (χ2v) is 44.7. The first-order valence-electron chi connectivity index (χ1n) is 47.6. The number of aliphatic hydroxyl groups is 4. The number of halogens is 4. The number of ether oxygens (including phenoxy) is 4. The molecule has 8 aromatic carbocycles. The lowest BCUT2D eigenvalue weighted by atomic mass is 9.86. The molecule has 4 N–H and O–H groups in total. The number of β-amino-alcohol motifs (C(OH)–C–C–N with tert-alkyl or cyclic N) is 4. The van der Waals surface area contributed by atoms with Gasteiger partial charge in [0.2, 0.25) is 0 Å². The first-order valence-corrected chi connectivity index (χ1v) is 50.8. The van der Waals surface area contributed by atoms with Crippen LogP contribution in [0.3, 0.4) is 0 Å². The van der Waals surface area contributed by atoms with Crippen molar-refractivity contribution in [3.05, 3.63) is 277 Å². The van der Waals surface area contributed by atoms with E-state index in [1.807, 2.05) is 253 Å². The fourth-order valence-corrected chi connectivity index (χ4v) is 21.3. The van der Waals surface area contributed by atoms with Crippen LogP contribution in [0.15, 0.2) is 188 Å². The van der Waals surface area contributed by atoms with Crippen LogP contribution >= 0.6 is 63.7 Å². The number of hydrogen-bond acceptors (Lipinski definition) is 16. The van der Waals surface area contributed by atoms with Crippen molar-refractivity contribution in [1.29, 1.82) is 0 Å². The van der Waals surface area contributed by atoms with E-state index in [0.29, 0.717) is 100 Å². The van der Waals surface area contributed by atoms with Crippen LogP contribution in [-0.2, 0) is 70.8 Å². The van der Waals surface area contributed by atoms with Crippen molar-refractivity contribution in [1.82, 2.24) is 39.2 Å². The molecule has 16 rings (SSSR count). The minimum Gasteiger partial charge on any atom is -0.444 e. The normalized spacial score (nSPS) is 21.1. The molecule has 8 aromatic rings. The molecule has 8 amide bonds. The molecule has 12 atom stereocenters. The number of aliphatic hydroxyl groups excluding tert-OH is 4. The van der Waals surface area contributed by atoms with Crippen LogP contribution in [0.1, 0.15) is 268 Å². The molecule has 728 valence electrons. The van der Waals surface area contributed by atoms with Gasteiger partial charge in [-0.15, -0.1) is 0 Å². The van der Waals surface area contributed by atoms with Gasteiger partial charge in [-0.1, -0.05) is 188 Å². The van der Waals surface area contributed by atoms with Crippen LogP contribution in [0.25, 0.3) is 0 Å². The summed E-state index contributed by atoms with van der Waals surface area (Å²) in [6.45, 7) is 34.8. The molecular weight excluding hydrogens is 1980 g/mol. The fraction of sp³-hybridized carbons (Fsp3) is 0.481. The lowest BCUT2D eigenvalue weighted by Crippen LogP contribution is -2.55. The Balaban J connectivity index is 0.000000153. The average Bonchev–Trinajstić information content (AvgIpc) is 0.775. The van der Waals surface area contributed by atoms with Gasteiger partial charge in [-0.3, -0.25) is 38.8 Å². The lowest BCUT2D eigenvalue weighted by Gasteiger charge is -2.42. The monoisotopic (exact) mass is 2110 g/mol. The van der Waals surface area contributed by atoms with Crippen LogP contribution in [0, 0.1) is 0 Å². The van der Waals surface area contributed by atoms with Gasteiger partial charge in [0.15, 0.2) is 0 Å². The Morgan fingerprint density at radius 3 is 0.647 bits per heavy atom. The molecule has 0 saturated heterocycles. The summed E-state index contributed by atoms with van der Waals surface area (Å²) < 4.78 is 26.5. The highest BCUT2D eigenvalue weighted by atomic mass is 79.9. The molecule has 8 heterocycles. The maximum atomic E-state index is 13.3. The number of benzene rings is 8. The summed E-state index contributed by atoms with van der Waals surface area (Å²) in [5, 5.41) is 45.5. The molecule has 0 aromatic heterocycles. The average molecular weight is 2120 g/mol. The van der Waals surface area contributed by atoms with Crippen molar-refractivity contribution >= 4 is 112 Å². The molecule has 0 fully saturated rings. The van der Waals surface area contributed by atoms with Crippen LogP contribution in [0.4, 0.5) is 19.2 Å². The van der Waals surface area contributed by atoms with Crippen LogP contribution in [-0.4, -0.2) is 231 Å². The molecule has 8 aliphatic heterocycles. The zero-order valence-electron chi connectivity index (χ0n) is 81.0. The van der Waals surface area contributed by atoms with Crippen molar-refractivity contribution < 1.29 is 77.7 Å². The van der Waals surface area contributed by atoms with Gasteiger partial charge in [0.05, 0.1) is 48.6 Å². The molecule has 0 saturated carbocycles. The molecule has 24 nitrogen and oxygen atoms in total. The van der Waals surface area contributed by atoms with Crippen molar-refractivity contribution in [2.24, 2.45) is 0 Å². The van der Waals surface area contributed by atoms with Crippen LogP contribution in [0.5, 0.6) is 0 Å². The van der Waals surface area contributed by atoms with Gasteiger partial charge in [-0.25, -0.2) is 19.2 Å². The topological polar surface area (TPSA) is 280 Å². The van der Waals surface area contributed by atoms with E-state index in [2.05, 4.69) is 91.4 Å². The highest BCUT2D eigenvalue weighted by molar-refractivity contribution is 9.11. The zero-order chi connectivity index (χ0) is 98.5. The third kappa shape index (κ3) is 25.2. The number of fused-ring (bicyclic) bond motifs is 8. The summed E-state index contributed by atoms with van der Waals surface area (Å²) in [5.41, 5.74) is 13.0.